The Morgan fingerprint density at radius 1 is 1.39 bits per heavy atom. The lowest BCUT2D eigenvalue weighted by Gasteiger charge is -2.05. The molecule has 2 aromatic carbocycles. The Labute approximate surface area is 164 Å². The van der Waals surface area contributed by atoms with Gasteiger partial charge in [-0.1, -0.05) is 35.5 Å². The van der Waals surface area contributed by atoms with Crippen LogP contribution in [0.25, 0.3) is 16.3 Å². The SMILES string of the molecule is C#CCn1c(=NC(=O)/C=C/c2cccc([N+](=O)[O-])c2)sc2cccc(OC)c21. The van der Waals surface area contributed by atoms with Crippen LogP contribution in [0.5, 0.6) is 5.75 Å². The molecule has 3 aromatic rings. The summed E-state index contributed by atoms with van der Waals surface area (Å²) in [6.45, 7) is 0.237. The first-order chi connectivity index (χ1) is 13.5. The highest BCUT2D eigenvalue weighted by Gasteiger charge is 2.11. The Hall–Kier alpha value is -3.70. The molecule has 28 heavy (non-hydrogen) atoms. The highest BCUT2D eigenvalue weighted by Crippen LogP contribution is 2.27. The van der Waals surface area contributed by atoms with Gasteiger partial charge in [-0.25, -0.2) is 0 Å². The quantitative estimate of drug-likeness (QED) is 0.288. The molecular weight excluding hydrogens is 378 g/mol. The van der Waals surface area contributed by atoms with Gasteiger partial charge in [0.15, 0.2) is 4.80 Å². The van der Waals surface area contributed by atoms with E-state index in [2.05, 4.69) is 10.9 Å². The lowest BCUT2D eigenvalue weighted by Crippen LogP contribution is -2.16. The molecule has 3 rings (SSSR count). The zero-order valence-electron chi connectivity index (χ0n) is 14.9. The number of carbonyl (C=O) groups excluding carboxylic acids is 1. The Bertz CT molecular complexity index is 1200. The largest absolute Gasteiger partial charge is 0.495 e. The third-order valence-corrected chi connectivity index (χ3v) is 4.88. The molecule has 0 fully saturated rings. The molecule has 0 spiro atoms. The summed E-state index contributed by atoms with van der Waals surface area (Å²) in [6, 6.07) is 11.6. The molecule has 0 saturated carbocycles. The molecule has 0 N–H and O–H groups in total. The standard InChI is InChI=1S/C20H15N3O4S/c1-3-12-22-19-16(27-2)8-5-9-17(19)28-20(22)21-18(24)11-10-14-6-4-7-15(13-14)23(25)26/h1,4-11,13H,12H2,2H3/b11-10+,21-20?. The third-order valence-electron chi connectivity index (χ3n) is 3.84. The van der Waals surface area contributed by atoms with Gasteiger partial charge >= 0.3 is 0 Å². The summed E-state index contributed by atoms with van der Waals surface area (Å²) >= 11 is 1.33. The number of non-ortho nitro benzene ring substituents is 1. The average molecular weight is 393 g/mol. The summed E-state index contributed by atoms with van der Waals surface area (Å²) in [4.78, 5) is 27.2. The highest BCUT2D eigenvalue weighted by atomic mass is 32.1. The molecule has 0 unspecified atom stereocenters. The van der Waals surface area contributed by atoms with E-state index in [0.717, 1.165) is 10.2 Å². The fraction of sp³-hybridized carbons (Fsp3) is 0.100. The number of hydrogen-bond donors (Lipinski definition) is 0. The van der Waals surface area contributed by atoms with Crippen molar-refractivity contribution in [2.24, 2.45) is 4.99 Å². The van der Waals surface area contributed by atoms with Crippen LogP contribution in [0.4, 0.5) is 5.69 Å². The van der Waals surface area contributed by atoms with Crippen LogP contribution in [0.1, 0.15) is 5.56 Å². The zero-order valence-corrected chi connectivity index (χ0v) is 15.7. The molecule has 1 heterocycles. The summed E-state index contributed by atoms with van der Waals surface area (Å²) in [7, 11) is 1.57. The van der Waals surface area contributed by atoms with E-state index in [4.69, 9.17) is 11.2 Å². The van der Waals surface area contributed by atoms with E-state index in [1.807, 2.05) is 18.2 Å². The third kappa shape index (κ3) is 4.00. The van der Waals surface area contributed by atoms with Crippen LogP contribution in [0, 0.1) is 22.5 Å². The molecule has 0 aliphatic rings. The number of terminal acetylenes is 1. The van der Waals surface area contributed by atoms with Crippen molar-refractivity contribution in [2.75, 3.05) is 7.11 Å². The maximum Gasteiger partial charge on any atom is 0.272 e. The van der Waals surface area contributed by atoms with Crippen molar-refractivity contribution < 1.29 is 14.5 Å². The van der Waals surface area contributed by atoms with E-state index >= 15 is 0 Å². The predicted octanol–water partition coefficient (Wildman–Crippen LogP) is 3.39. The van der Waals surface area contributed by atoms with Gasteiger partial charge in [-0.2, -0.15) is 4.99 Å². The Kier molecular flexibility index (Phi) is 5.67. The maximum atomic E-state index is 12.3. The number of benzene rings is 2. The summed E-state index contributed by atoms with van der Waals surface area (Å²) in [5, 5.41) is 10.8. The number of hydrogen-bond acceptors (Lipinski definition) is 5. The van der Waals surface area contributed by atoms with Crippen molar-refractivity contribution in [1.29, 1.82) is 0 Å². The van der Waals surface area contributed by atoms with Gasteiger partial charge in [-0.15, -0.1) is 6.42 Å². The molecule has 1 aromatic heterocycles. The van der Waals surface area contributed by atoms with E-state index in [1.165, 1.54) is 35.6 Å². The number of ether oxygens (including phenoxy) is 1. The van der Waals surface area contributed by atoms with Crippen molar-refractivity contribution in [1.82, 2.24) is 4.57 Å². The summed E-state index contributed by atoms with van der Waals surface area (Å²) in [6.07, 6.45) is 8.22. The van der Waals surface area contributed by atoms with E-state index in [9.17, 15) is 14.9 Å². The van der Waals surface area contributed by atoms with Gasteiger partial charge in [-0.3, -0.25) is 14.9 Å². The Balaban J connectivity index is 1.99. The molecule has 8 heteroatoms. The monoisotopic (exact) mass is 393 g/mol. The molecular formula is C20H15N3O4S. The predicted molar refractivity (Wildman–Crippen MR) is 108 cm³/mol. The minimum atomic E-state index is -0.497. The lowest BCUT2D eigenvalue weighted by atomic mass is 10.2. The highest BCUT2D eigenvalue weighted by molar-refractivity contribution is 7.16. The summed E-state index contributed by atoms with van der Waals surface area (Å²) in [5.74, 6) is 2.71. The van der Waals surface area contributed by atoms with Crippen LogP contribution < -0.4 is 9.54 Å². The molecule has 0 saturated heterocycles. The van der Waals surface area contributed by atoms with Crippen LogP contribution in [-0.4, -0.2) is 22.5 Å². The fourth-order valence-corrected chi connectivity index (χ4v) is 3.68. The van der Waals surface area contributed by atoms with Gasteiger partial charge in [0, 0.05) is 18.2 Å². The number of fused-ring (bicyclic) bond motifs is 1. The first-order valence-corrected chi connectivity index (χ1v) is 8.96. The summed E-state index contributed by atoms with van der Waals surface area (Å²) in [5.41, 5.74) is 1.27. The van der Waals surface area contributed by atoms with Crippen LogP contribution >= 0.6 is 11.3 Å². The second kappa shape index (κ2) is 8.33. The van der Waals surface area contributed by atoms with Crippen LogP contribution in [0.3, 0.4) is 0 Å². The topological polar surface area (TPSA) is 86.7 Å². The number of para-hydroxylation sites is 1. The average Bonchev–Trinajstić information content (AvgIpc) is 3.04. The minimum Gasteiger partial charge on any atom is -0.495 e. The first-order valence-electron chi connectivity index (χ1n) is 8.14. The van der Waals surface area contributed by atoms with Crippen LogP contribution in [-0.2, 0) is 11.3 Å². The second-order valence-corrected chi connectivity index (χ2v) is 6.63. The normalized spacial score (nSPS) is 11.6. The van der Waals surface area contributed by atoms with Crippen LogP contribution in [0.2, 0.25) is 0 Å². The van der Waals surface area contributed by atoms with Crippen molar-refractivity contribution in [3.05, 3.63) is 69.0 Å². The van der Waals surface area contributed by atoms with Crippen LogP contribution in [0.15, 0.2) is 53.5 Å². The number of nitro benzene ring substituents is 1. The number of carbonyl (C=O) groups is 1. The number of methoxy groups -OCH3 is 1. The second-order valence-electron chi connectivity index (χ2n) is 5.62. The first kappa shape index (κ1) is 19.1. The number of nitro groups is 1. The van der Waals surface area contributed by atoms with Crippen molar-refractivity contribution in [2.45, 2.75) is 6.54 Å². The smallest absolute Gasteiger partial charge is 0.272 e. The van der Waals surface area contributed by atoms with Gasteiger partial charge in [0.2, 0.25) is 0 Å². The van der Waals surface area contributed by atoms with Gasteiger partial charge in [0.05, 0.1) is 23.3 Å². The number of rotatable bonds is 5. The van der Waals surface area contributed by atoms with E-state index in [1.54, 1.807) is 23.8 Å². The van der Waals surface area contributed by atoms with E-state index in [0.29, 0.717) is 16.1 Å². The molecule has 1 amide bonds. The molecule has 0 aliphatic carbocycles. The van der Waals surface area contributed by atoms with Gasteiger partial charge in [0.1, 0.15) is 11.3 Å². The zero-order chi connectivity index (χ0) is 20.1. The van der Waals surface area contributed by atoms with Crippen molar-refractivity contribution >= 4 is 39.2 Å². The van der Waals surface area contributed by atoms with Gasteiger partial charge in [0.25, 0.3) is 11.6 Å². The molecule has 0 aliphatic heterocycles. The minimum absolute atomic E-state index is 0.0463. The van der Waals surface area contributed by atoms with Crippen molar-refractivity contribution in [3.8, 4) is 18.1 Å². The lowest BCUT2D eigenvalue weighted by molar-refractivity contribution is -0.384. The molecule has 0 radical (unpaired) electrons. The molecule has 0 atom stereocenters. The molecule has 7 nitrogen and oxygen atoms in total. The summed E-state index contributed by atoms with van der Waals surface area (Å²) < 4.78 is 8.03. The Morgan fingerprint density at radius 3 is 2.89 bits per heavy atom. The number of thiazole rings is 1. The van der Waals surface area contributed by atoms with Crippen molar-refractivity contribution in [3.63, 3.8) is 0 Å². The number of amides is 1. The molecule has 0 bridgehead atoms. The maximum absolute atomic E-state index is 12.3. The number of aromatic nitrogens is 1. The van der Waals surface area contributed by atoms with E-state index in [-0.39, 0.29) is 12.2 Å². The van der Waals surface area contributed by atoms with Gasteiger partial charge in [-0.05, 0) is 23.8 Å². The van der Waals surface area contributed by atoms with Gasteiger partial charge < -0.3 is 9.30 Å². The Morgan fingerprint density at radius 2 is 2.18 bits per heavy atom. The fourth-order valence-electron chi connectivity index (χ4n) is 2.63. The number of nitrogens with zero attached hydrogens (tertiary/aromatic N) is 3. The molecule has 140 valence electrons. The van der Waals surface area contributed by atoms with E-state index < -0.39 is 10.8 Å².